The van der Waals surface area contributed by atoms with Crippen LogP contribution >= 0.6 is 23.2 Å². The van der Waals surface area contributed by atoms with Gasteiger partial charge in [0.2, 0.25) is 5.91 Å². The highest BCUT2D eigenvalue weighted by Crippen LogP contribution is 2.42. The first-order chi connectivity index (χ1) is 15.6. The lowest BCUT2D eigenvalue weighted by atomic mass is 9.80. The summed E-state index contributed by atoms with van der Waals surface area (Å²) in [6, 6.07) is 4.58. The molecule has 0 atom stereocenters. The molecule has 1 aromatic heterocycles. The van der Waals surface area contributed by atoms with Crippen LogP contribution in [-0.4, -0.2) is 34.0 Å². The van der Waals surface area contributed by atoms with Crippen LogP contribution in [0.3, 0.4) is 0 Å². The second kappa shape index (κ2) is 8.47. The molecule has 0 radical (unpaired) electrons. The molecule has 2 aliphatic rings. The zero-order valence-electron chi connectivity index (χ0n) is 17.6. The first-order valence-electron chi connectivity index (χ1n) is 10.2. The van der Waals surface area contributed by atoms with E-state index in [1.807, 2.05) is 0 Å². The van der Waals surface area contributed by atoms with Gasteiger partial charge in [0, 0.05) is 28.9 Å². The minimum absolute atomic E-state index is 0.00222. The average molecular weight is 492 g/mol. The number of carbonyl (C=O) groups is 1. The summed E-state index contributed by atoms with van der Waals surface area (Å²) < 4.78 is 30.7. The predicted octanol–water partition coefficient (Wildman–Crippen LogP) is 5.38. The summed E-state index contributed by atoms with van der Waals surface area (Å²) in [4.78, 5) is 26.5. The summed E-state index contributed by atoms with van der Waals surface area (Å²) in [5.41, 5.74) is -1.13. The topological polar surface area (TPSA) is 54.3 Å². The van der Waals surface area contributed by atoms with E-state index in [1.165, 1.54) is 27.8 Å². The smallest absolute Gasteiger partial charge is 0.258 e. The molecular weight excluding hydrogens is 471 g/mol. The van der Waals surface area contributed by atoms with E-state index in [0.29, 0.717) is 5.69 Å². The van der Waals surface area contributed by atoms with Crippen LogP contribution in [0, 0.1) is 5.82 Å². The van der Waals surface area contributed by atoms with Gasteiger partial charge in [0.05, 0.1) is 28.5 Å². The van der Waals surface area contributed by atoms with Crippen molar-refractivity contribution < 1.29 is 13.6 Å². The number of pyridine rings is 1. The van der Waals surface area contributed by atoms with Crippen LogP contribution in [0.1, 0.15) is 18.9 Å². The number of aromatic nitrogens is 1. The Morgan fingerprint density at radius 2 is 1.88 bits per heavy atom. The molecule has 1 aliphatic heterocycles. The Morgan fingerprint density at radius 1 is 1.21 bits per heavy atom. The molecule has 0 unspecified atom stereocenters. The van der Waals surface area contributed by atoms with Crippen molar-refractivity contribution in [1.82, 2.24) is 9.47 Å². The third-order valence-corrected chi connectivity index (χ3v) is 6.64. The second-order valence-electron chi connectivity index (χ2n) is 8.29. The Balaban J connectivity index is 1.81. The number of anilines is 1. The van der Waals surface area contributed by atoms with Crippen molar-refractivity contribution in [3.8, 4) is 0 Å². The standard InChI is InChI=1S/C24H21Cl2F2N3O2/c1-4-20(32)30-11-24(12-30,21(14(3)27)22(26)13(2)25)29-15-5-8-17-18(9-15)23(33)31(10-19(17)28)16-6-7-16/h4-5,8-10,16,29H,1-3,6-7,11-12H2/b22-21-. The van der Waals surface area contributed by atoms with Crippen LogP contribution in [0.2, 0.25) is 0 Å². The molecule has 5 nitrogen and oxygen atoms in total. The Labute approximate surface area is 199 Å². The molecular formula is C24H21Cl2F2N3O2. The van der Waals surface area contributed by atoms with E-state index in [2.05, 4.69) is 25.1 Å². The Bertz CT molecular complexity index is 1300. The number of hydrogen-bond donors (Lipinski definition) is 1. The van der Waals surface area contributed by atoms with Gasteiger partial charge in [0.15, 0.2) is 0 Å². The lowest BCUT2D eigenvalue weighted by Gasteiger charge is -2.52. The van der Waals surface area contributed by atoms with Crippen molar-refractivity contribution in [2.24, 2.45) is 0 Å². The van der Waals surface area contributed by atoms with E-state index >= 15 is 0 Å². The first kappa shape index (κ1) is 23.3. The number of benzene rings is 1. The van der Waals surface area contributed by atoms with Gasteiger partial charge in [-0.15, -0.1) is 0 Å². The zero-order valence-corrected chi connectivity index (χ0v) is 19.1. The minimum Gasteiger partial charge on any atom is -0.372 e. The quantitative estimate of drug-likeness (QED) is 0.417. The fourth-order valence-electron chi connectivity index (χ4n) is 4.21. The second-order valence-corrected chi connectivity index (χ2v) is 9.12. The van der Waals surface area contributed by atoms with Crippen LogP contribution in [-0.2, 0) is 4.79 Å². The molecule has 1 aromatic carbocycles. The van der Waals surface area contributed by atoms with Crippen molar-refractivity contribution in [2.75, 3.05) is 18.4 Å². The van der Waals surface area contributed by atoms with Crippen LogP contribution < -0.4 is 10.9 Å². The van der Waals surface area contributed by atoms with Gasteiger partial charge in [-0.2, -0.15) is 0 Å². The monoisotopic (exact) mass is 491 g/mol. The van der Waals surface area contributed by atoms with Gasteiger partial charge in [-0.3, -0.25) is 9.59 Å². The van der Waals surface area contributed by atoms with Gasteiger partial charge >= 0.3 is 0 Å². The van der Waals surface area contributed by atoms with Gasteiger partial charge < -0.3 is 14.8 Å². The number of nitrogens with one attached hydrogen (secondary N) is 1. The molecule has 172 valence electrons. The highest BCUT2D eigenvalue weighted by atomic mass is 35.5. The van der Waals surface area contributed by atoms with Crippen molar-refractivity contribution in [3.05, 3.63) is 87.8 Å². The third-order valence-electron chi connectivity index (χ3n) is 5.93. The van der Waals surface area contributed by atoms with E-state index in [-0.39, 0.29) is 57.0 Å². The van der Waals surface area contributed by atoms with Crippen molar-refractivity contribution in [2.45, 2.75) is 24.4 Å². The van der Waals surface area contributed by atoms with Gasteiger partial charge in [0.1, 0.15) is 17.2 Å². The Hall–Kier alpha value is -2.90. The summed E-state index contributed by atoms with van der Waals surface area (Å²) in [6.45, 7) is 10.5. The highest BCUT2D eigenvalue weighted by Gasteiger charge is 2.50. The van der Waals surface area contributed by atoms with E-state index in [1.54, 1.807) is 6.07 Å². The summed E-state index contributed by atoms with van der Waals surface area (Å²) in [5, 5.41) is 3.33. The molecule has 2 aromatic rings. The molecule has 2 heterocycles. The number of allylic oxidation sites excluding steroid dienone is 2. The lowest BCUT2D eigenvalue weighted by molar-refractivity contribution is -0.131. The van der Waals surface area contributed by atoms with Gasteiger partial charge in [-0.1, -0.05) is 42.9 Å². The van der Waals surface area contributed by atoms with Crippen molar-refractivity contribution in [1.29, 1.82) is 0 Å². The molecule has 0 bridgehead atoms. The van der Waals surface area contributed by atoms with Crippen LogP contribution in [0.5, 0.6) is 0 Å². The molecule has 1 saturated carbocycles. The predicted molar refractivity (Wildman–Crippen MR) is 128 cm³/mol. The number of amides is 1. The first-order valence-corrected chi connectivity index (χ1v) is 11.0. The minimum atomic E-state index is -1.20. The van der Waals surface area contributed by atoms with Crippen LogP contribution in [0.25, 0.3) is 10.8 Å². The number of rotatable bonds is 7. The van der Waals surface area contributed by atoms with Crippen molar-refractivity contribution >= 4 is 45.6 Å². The maximum Gasteiger partial charge on any atom is 0.258 e. The molecule has 0 spiro atoms. The van der Waals surface area contributed by atoms with Gasteiger partial charge in [-0.25, -0.2) is 8.78 Å². The molecule has 1 N–H and O–H groups in total. The molecule has 1 aliphatic carbocycles. The molecule has 4 rings (SSSR count). The van der Waals surface area contributed by atoms with E-state index < -0.39 is 17.2 Å². The highest BCUT2D eigenvalue weighted by molar-refractivity contribution is 6.44. The fourth-order valence-corrected chi connectivity index (χ4v) is 4.59. The number of nitrogens with zero attached hydrogens (tertiary/aromatic N) is 2. The molecule has 2 fully saturated rings. The third kappa shape index (κ3) is 4.11. The summed E-state index contributed by atoms with van der Waals surface area (Å²) in [7, 11) is 0. The maximum atomic E-state index is 14.6. The SMILES string of the molecule is C=CC(=O)N1CC(Nc2ccc3c(F)cn(C4CC4)c(=O)c3c2)(/C(C(=C)F)=C(\Cl)C(=C)Cl)C1. The van der Waals surface area contributed by atoms with Gasteiger partial charge in [-0.05, 0) is 37.1 Å². The largest absolute Gasteiger partial charge is 0.372 e. The number of likely N-dealkylation sites (tertiary alicyclic amines) is 1. The molecule has 9 heteroatoms. The summed E-state index contributed by atoms with van der Waals surface area (Å²) >= 11 is 12.2. The van der Waals surface area contributed by atoms with E-state index in [9.17, 15) is 18.4 Å². The van der Waals surface area contributed by atoms with E-state index in [4.69, 9.17) is 23.2 Å². The molecule has 1 amide bonds. The summed E-state index contributed by atoms with van der Waals surface area (Å²) in [5.74, 6) is -1.68. The van der Waals surface area contributed by atoms with E-state index in [0.717, 1.165) is 18.9 Å². The van der Waals surface area contributed by atoms with Crippen LogP contribution in [0.15, 0.2) is 76.5 Å². The lowest BCUT2D eigenvalue weighted by Crippen LogP contribution is -2.68. The zero-order chi connectivity index (χ0) is 24.1. The number of hydrogen-bond acceptors (Lipinski definition) is 3. The normalized spacial score (nSPS) is 17.8. The van der Waals surface area contributed by atoms with Crippen molar-refractivity contribution in [3.63, 3.8) is 0 Å². The Morgan fingerprint density at radius 3 is 2.42 bits per heavy atom. The number of halogens is 4. The molecule has 1 saturated heterocycles. The van der Waals surface area contributed by atoms with Gasteiger partial charge in [0.25, 0.3) is 5.56 Å². The number of fused-ring (bicyclic) bond motifs is 1. The average Bonchev–Trinajstić information content (AvgIpc) is 3.58. The maximum absolute atomic E-state index is 14.6. The fraction of sp³-hybridized carbons (Fsp3) is 0.250. The Kier molecular flexibility index (Phi) is 5.97. The summed E-state index contributed by atoms with van der Waals surface area (Å²) in [6.07, 6.45) is 4.04. The number of carbonyl (C=O) groups excluding carboxylic acids is 1. The molecule has 33 heavy (non-hydrogen) atoms. The van der Waals surface area contributed by atoms with Crippen LogP contribution in [0.4, 0.5) is 14.5 Å².